The maximum atomic E-state index is 10.1. The Morgan fingerprint density at radius 2 is 1.75 bits per heavy atom. The van der Waals surface area contributed by atoms with E-state index in [0.717, 1.165) is 24.2 Å². The minimum absolute atomic E-state index is 0.00394. The minimum atomic E-state index is -0.682. The summed E-state index contributed by atoms with van der Waals surface area (Å²) in [7, 11) is 0. The van der Waals surface area contributed by atoms with E-state index in [1.807, 2.05) is 0 Å². The third kappa shape index (κ3) is 4.54. The molecule has 5 nitrogen and oxygen atoms in total. The zero-order valence-corrected chi connectivity index (χ0v) is 11.6. The number of morpholine rings is 1. The van der Waals surface area contributed by atoms with Crippen molar-refractivity contribution in [2.75, 3.05) is 32.8 Å². The smallest absolute Gasteiger partial charge is 0.0815 e. The van der Waals surface area contributed by atoms with Crippen LogP contribution in [-0.2, 0) is 11.3 Å². The van der Waals surface area contributed by atoms with Crippen LogP contribution in [0, 0.1) is 0 Å². The minimum Gasteiger partial charge on any atom is -0.392 e. The Morgan fingerprint density at radius 3 is 2.35 bits per heavy atom. The number of β-amino-alcohol motifs (C(OH)–C–C–N with tert-alkyl or cyclic N) is 1. The van der Waals surface area contributed by atoms with E-state index in [1.54, 1.807) is 24.3 Å². The first-order chi connectivity index (χ1) is 9.69. The van der Waals surface area contributed by atoms with Gasteiger partial charge in [-0.1, -0.05) is 24.3 Å². The average molecular weight is 281 g/mol. The van der Waals surface area contributed by atoms with Crippen molar-refractivity contribution in [3.8, 4) is 0 Å². The molecule has 5 heteroatoms. The van der Waals surface area contributed by atoms with Crippen LogP contribution in [0.5, 0.6) is 0 Å². The van der Waals surface area contributed by atoms with Crippen molar-refractivity contribution in [3.05, 3.63) is 35.4 Å². The predicted octanol–water partition coefficient (Wildman–Crippen LogP) is 0.295. The molecular weight excluding hydrogens is 258 g/mol. The summed E-state index contributed by atoms with van der Waals surface area (Å²) >= 11 is 0. The lowest BCUT2D eigenvalue weighted by Gasteiger charge is -2.29. The molecule has 2 rings (SSSR count). The number of hydrogen-bond acceptors (Lipinski definition) is 5. The predicted molar refractivity (Wildman–Crippen MR) is 75.2 cm³/mol. The van der Waals surface area contributed by atoms with Crippen LogP contribution in [0.4, 0.5) is 0 Å². The van der Waals surface area contributed by atoms with Gasteiger partial charge >= 0.3 is 0 Å². The summed E-state index contributed by atoms with van der Waals surface area (Å²) in [6.07, 6.45) is -0.921. The van der Waals surface area contributed by atoms with Gasteiger partial charge in [0.1, 0.15) is 0 Å². The molecule has 0 bridgehead atoms. The molecule has 112 valence electrons. The van der Waals surface area contributed by atoms with Crippen molar-refractivity contribution >= 4 is 0 Å². The zero-order chi connectivity index (χ0) is 14.4. The summed E-state index contributed by atoms with van der Waals surface area (Å²) in [5.74, 6) is 0. The number of rotatable bonds is 6. The first kappa shape index (κ1) is 15.4. The fourth-order valence-electron chi connectivity index (χ4n) is 2.40. The standard InChI is InChI=1S/C15H23NO4/c17-11-12-1-3-13(4-2-12)15(19)9-14(18)10-16-5-7-20-8-6-16/h1-4,14-15,17-19H,5-11H2/t14-,15+/m0/s1. The number of benzene rings is 1. The molecule has 1 aliphatic heterocycles. The van der Waals surface area contributed by atoms with E-state index in [-0.39, 0.29) is 6.61 Å². The van der Waals surface area contributed by atoms with E-state index in [0.29, 0.717) is 26.2 Å². The summed E-state index contributed by atoms with van der Waals surface area (Å²) < 4.78 is 5.26. The molecule has 0 aliphatic carbocycles. The van der Waals surface area contributed by atoms with E-state index >= 15 is 0 Å². The van der Waals surface area contributed by atoms with Crippen molar-refractivity contribution < 1.29 is 20.1 Å². The van der Waals surface area contributed by atoms with E-state index in [4.69, 9.17) is 9.84 Å². The van der Waals surface area contributed by atoms with Crippen molar-refractivity contribution in [1.29, 1.82) is 0 Å². The Labute approximate surface area is 119 Å². The Balaban J connectivity index is 1.81. The molecule has 20 heavy (non-hydrogen) atoms. The van der Waals surface area contributed by atoms with Crippen LogP contribution < -0.4 is 0 Å². The van der Waals surface area contributed by atoms with Gasteiger partial charge in [-0.15, -0.1) is 0 Å². The molecule has 0 radical (unpaired) electrons. The molecule has 0 spiro atoms. The van der Waals surface area contributed by atoms with Gasteiger partial charge < -0.3 is 20.1 Å². The van der Waals surface area contributed by atoms with Crippen molar-refractivity contribution in [2.24, 2.45) is 0 Å². The summed E-state index contributed by atoms with van der Waals surface area (Å²) in [5.41, 5.74) is 1.58. The Kier molecular flexibility index (Phi) is 5.94. The molecule has 1 aromatic carbocycles. The number of aliphatic hydroxyl groups excluding tert-OH is 3. The molecule has 0 aromatic heterocycles. The third-order valence-corrected chi connectivity index (χ3v) is 3.62. The van der Waals surface area contributed by atoms with Gasteiger partial charge in [-0.25, -0.2) is 0 Å². The third-order valence-electron chi connectivity index (χ3n) is 3.62. The Bertz CT molecular complexity index is 389. The van der Waals surface area contributed by atoms with Crippen LogP contribution in [-0.4, -0.2) is 59.2 Å². The Hall–Kier alpha value is -0.980. The molecule has 2 atom stereocenters. The highest BCUT2D eigenvalue weighted by Crippen LogP contribution is 2.19. The quantitative estimate of drug-likeness (QED) is 0.699. The first-order valence-electron chi connectivity index (χ1n) is 7.05. The second kappa shape index (κ2) is 7.71. The van der Waals surface area contributed by atoms with Crippen LogP contribution in [0.1, 0.15) is 23.7 Å². The van der Waals surface area contributed by atoms with E-state index < -0.39 is 12.2 Å². The zero-order valence-electron chi connectivity index (χ0n) is 11.6. The Morgan fingerprint density at radius 1 is 1.10 bits per heavy atom. The van der Waals surface area contributed by atoms with E-state index in [9.17, 15) is 10.2 Å². The summed E-state index contributed by atoms with van der Waals surface area (Å²) in [5, 5.41) is 29.1. The highest BCUT2D eigenvalue weighted by atomic mass is 16.5. The van der Waals surface area contributed by atoms with Crippen LogP contribution in [0.3, 0.4) is 0 Å². The lowest BCUT2D eigenvalue weighted by molar-refractivity contribution is 0.00216. The van der Waals surface area contributed by atoms with Crippen molar-refractivity contribution in [2.45, 2.75) is 25.2 Å². The molecule has 0 amide bonds. The fraction of sp³-hybridized carbons (Fsp3) is 0.600. The van der Waals surface area contributed by atoms with Gasteiger partial charge in [-0.05, 0) is 11.1 Å². The summed E-state index contributed by atoms with van der Waals surface area (Å²) in [6.45, 7) is 3.64. The summed E-state index contributed by atoms with van der Waals surface area (Å²) in [6, 6.07) is 7.15. The topological polar surface area (TPSA) is 73.2 Å². The van der Waals surface area contributed by atoms with Gasteiger partial charge in [-0.2, -0.15) is 0 Å². The van der Waals surface area contributed by atoms with E-state index in [1.165, 1.54) is 0 Å². The maximum absolute atomic E-state index is 10.1. The molecular formula is C15H23NO4. The lowest BCUT2D eigenvalue weighted by Crippen LogP contribution is -2.41. The molecule has 0 saturated carbocycles. The fourth-order valence-corrected chi connectivity index (χ4v) is 2.40. The first-order valence-corrected chi connectivity index (χ1v) is 7.05. The second-order valence-electron chi connectivity index (χ2n) is 5.22. The molecule has 1 aromatic rings. The molecule has 1 fully saturated rings. The molecule has 3 N–H and O–H groups in total. The van der Waals surface area contributed by atoms with Crippen LogP contribution in [0.2, 0.25) is 0 Å². The maximum Gasteiger partial charge on any atom is 0.0815 e. The molecule has 1 saturated heterocycles. The van der Waals surface area contributed by atoms with Gasteiger partial charge in [0.2, 0.25) is 0 Å². The van der Waals surface area contributed by atoms with E-state index in [2.05, 4.69) is 4.90 Å². The van der Waals surface area contributed by atoms with Gasteiger partial charge in [-0.3, -0.25) is 4.90 Å². The molecule has 1 heterocycles. The second-order valence-corrected chi connectivity index (χ2v) is 5.22. The molecule has 1 aliphatic rings. The van der Waals surface area contributed by atoms with Crippen molar-refractivity contribution in [1.82, 2.24) is 4.90 Å². The largest absolute Gasteiger partial charge is 0.392 e. The van der Waals surface area contributed by atoms with Crippen LogP contribution >= 0.6 is 0 Å². The highest BCUT2D eigenvalue weighted by molar-refractivity contribution is 5.23. The number of nitrogens with zero attached hydrogens (tertiary/aromatic N) is 1. The average Bonchev–Trinajstić information content (AvgIpc) is 2.48. The SMILES string of the molecule is OCc1ccc([C@H](O)C[C@H](O)CN2CCOCC2)cc1. The van der Waals surface area contributed by atoms with Gasteiger partial charge in [0.15, 0.2) is 0 Å². The number of ether oxygens (including phenoxy) is 1. The van der Waals surface area contributed by atoms with Crippen LogP contribution in [0.25, 0.3) is 0 Å². The van der Waals surface area contributed by atoms with Crippen molar-refractivity contribution in [3.63, 3.8) is 0 Å². The van der Waals surface area contributed by atoms with Gasteiger partial charge in [0.25, 0.3) is 0 Å². The van der Waals surface area contributed by atoms with Gasteiger partial charge in [0, 0.05) is 26.1 Å². The van der Waals surface area contributed by atoms with Crippen LogP contribution in [0.15, 0.2) is 24.3 Å². The van der Waals surface area contributed by atoms with Gasteiger partial charge in [0.05, 0.1) is 32.0 Å². The summed E-state index contributed by atoms with van der Waals surface area (Å²) in [4.78, 5) is 2.15. The number of aliphatic hydroxyl groups is 3. The highest BCUT2D eigenvalue weighted by Gasteiger charge is 2.18. The normalized spacial score (nSPS) is 19.8. The number of hydrogen-bond donors (Lipinski definition) is 3. The lowest BCUT2D eigenvalue weighted by atomic mass is 10.0. The monoisotopic (exact) mass is 281 g/mol. The molecule has 0 unspecified atom stereocenters.